The number of fused-ring (bicyclic) bond motifs is 3. The Morgan fingerprint density at radius 3 is 2.37 bits per heavy atom. The van der Waals surface area contributed by atoms with Crippen LogP contribution in [0.1, 0.15) is 86.8 Å². The van der Waals surface area contributed by atoms with Gasteiger partial charge in [0.15, 0.2) is 11.5 Å². The van der Waals surface area contributed by atoms with Gasteiger partial charge in [-0.2, -0.15) is 0 Å². The molecule has 0 saturated heterocycles. The summed E-state index contributed by atoms with van der Waals surface area (Å²) in [5, 5.41) is 10.4. The number of rotatable bonds is 7. The zero-order chi connectivity index (χ0) is 25.3. The lowest BCUT2D eigenvalue weighted by atomic mass is 9.74. The van der Waals surface area contributed by atoms with Gasteiger partial charge >= 0.3 is 0 Å². The quantitative estimate of drug-likeness (QED) is 0.594. The van der Waals surface area contributed by atoms with Gasteiger partial charge in [-0.1, -0.05) is 12.1 Å². The summed E-state index contributed by atoms with van der Waals surface area (Å²) in [4.78, 5) is 20.2. The third-order valence-corrected chi connectivity index (χ3v) is 7.12. The van der Waals surface area contributed by atoms with Crippen LogP contribution in [0.25, 0.3) is 0 Å². The van der Waals surface area contributed by atoms with Crippen LogP contribution >= 0.6 is 0 Å². The topological polar surface area (TPSA) is 71.4 Å². The molecule has 1 fully saturated rings. The molecule has 1 aliphatic heterocycles. The molecule has 6 heteroatoms. The second kappa shape index (κ2) is 10.4. The minimum absolute atomic E-state index is 0.0388. The molecule has 3 atom stereocenters. The summed E-state index contributed by atoms with van der Waals surface area (Å²) in [5.74, 6) is 1.58. The molecule has 0 bridgehead atoms. The molecule has 2 aliphatic rings. The summed E-state index contributed by atoms with van der Waals surface area (Å²) in [5.41, 5.74) is 4.71. The fraction of sp³-hybridized carbons (Fsp3) is 0.517. The van der Waals surface area contributed by atoms with Gasteiger partial charge in [0.1, 0.15) is 0 Å². The number of aliphatic imine (C=N–C) groups is 1. The Balaban J connectivity index is 1.75. The number of carbonyl (C=O) groups excluding carboxylic acids is 1. The predicted molar refractivity (Wildman–Crippen MR) is 139 cm³/mol. The molecule has 2 aromatic rings. The molecule has 0 unspecified atom stereocenters. The molecule has 0 aromatic heterocycles. The fourth-order valence-corrected chi connectivity index (χ4v) is 5.59. The summed E-state index contributed by atoms with van der Waals surface area (Å²) in [6, 6.07) is 12.2. The third-order valence-electron chi connectivity index (χ3n) is 7.12. The normalized spacial score (nSPS) is 21.3. The van der Waals surface area contributed by atoms with Gasteiger partial charge in [-0.05, 0) is 83.7 Å². The van der Waals surface area contributed by atoms with E-state index in [4.69, 9.17) is 14.5 Å². The van der Waals surface area contributed by atoms with Crippen LogP contribution in [0.4, 0.5) is 0 Å². The summed E-state index contributed by atoms with van der Waals surface area (Å²) in [6.45, 7) is 10.7. The SMILES string of the molecule is CCOc1cc2c(cc1OC)C(c1ccc(C(=O)N(C(C)C)C(C)C)cc1)=N[C@@H]1CC[C@@H](O)C[C@H]21. The van der Waals surface area contributed by atoms with Crippen molar-refractivity contribution in [2.45, 2.75) is 84.0 Å². The van der Waals surface area contributed by atoms with Crippen molar-refractivity contribution in [2.24, 2.45) is 4.99 Å². The van der Waals surface area contributed by atoms with Gasteiger partial charge in [0.2, 0.25) is 0 Å². The van der Waals surface area contributed by atoms with Crippen molar-refractivity contribution in [1.82, 2.24) is 4.90 Å². The maximum Gasteiger partial charge on any atom is 0.254 e. The van der Waals surface area contributed by atoms with Gasteiger partial charge in [0.25, 0.3) is 5.91 Å². The van der Waals surface area contributed by atoms with Gasteiger partial charge in [-0.15, -0.1) is 0 Å². The van der Waals surface area contributed by atoms with Crippen LogP contribution in [-0.4, -0.2) is 59.6 Å². The first-order valence-electron chi connectivity index (χ1n) is 12.8. The minimum Gasteiger partial charge on any atom is -0.493 e. The number of hydrogen-bond donors (Lipinski definition) is 1. The Kier molecular flexibility index (Phi) is 7.50. The van der Waals surface area contributed by atoms with Crippen molar-refractivity contribution in [1.29, 1.82) is 0 Å². The van der Waals surface area contributed by atoms with Gasteiger partial charge in [-0.25, -0.2) is 0 Å². The second-order valence-corrected chi connectivity index (χ2v) is 10.1. The zero-order valence-electron chi connectivity index (χ0n) is 21.7. The van der Waals surface area contributed by atoms with Crippen molar-refractivity contribution < 1.29 is 19.4 Å². The van der Waals surface area contributed by atoms with Gasteiger partial charge < -0.3 is 19.5 Å². The molecule has 2 aromatic carbocycles. The number of ether oxygens (including phenoxy) is 2. The molecule has 6 nitrogen and oxygen atoms in total. The number of carbonyl (C=O) groups is 1. The molecule has 188 valence electrons. The number of aliphatic hydroxyl groups is 1. The first-order valence-corrected chi connectivity index (χ1v) is 12.8. The summed E-state index contributed by atoms with van der Waals surface area (Å²) < 4.78 is 11.5. The third kappa shape index (κ3) is 4.94. The van der Waals surface area contributed by atoms with E-state index in [0.717, 1.165) is 41.0 Å². The average molecular weight is 479 g/mol. The lowest BCUT2D eigenvalue weighted by Crippen LogP contribution is -2.42. The highest BCUT2D eigenvalue weighted by atomic mass is 16.5. The summed E-state index contributed by atoms with van der Waals surface area (Å²) >= 11 is 0. The molecule has 1 heterocycles. The maximum absolute atomic E-state index is 13.2. The smallest absolute Gasteiger partial charge is 0.254 e. The summed E-state index contributed by atoms with van der Waals surface area (Å²) in [7, 11) is 1.65. The standard InChI is InChI=1S/C29H38N2O4/c1-7-35-27-15-22-23-14-21(32)12-13-25(23)30-28(24(22)16-26(27)34-6)19-8-10-20(11-9-19)29(33)31(17(2)3)18(4)5/h8-11,15-18,21,23,25,32H,7,12-14H2,1-6H3/t21-,23-,25-/m1/s1. The highest BCUT2D eigenvalue weighted by Gasteiger charge is 2.37. The van der Waals surface area contributed by atoms with E-state index < -0.39 is 0 Å². The molecular weight excluding hydrogens is 440 g/mol. The number of methoxy groups -OCH3 is 1. The van der Waals surface area contributed by atoms with E-state index in [-0.39, 0.29) is 36.1 Å². The Bertz CT molecular complexity index is 1080. The van der Waals surface area contributed by atoms with Crippen LogP contribution in [0.5, 0.6) is 11.5 Å². The van der Waals surface area contributed by atoms with E-state index in [0.29, 0.717) is 24.3 Å². The van der Waals surface area contributed by atoms with Crippen LogP contribution in [0.3, 0.4) is 0 Å². The first kappa shape index (κ1) is 25.2. The molecule has 1 amide bonds. The van der Waals surface area contributed by atoms with Crippen LogP contribution in [0, 0.1) is 0 Å². The fourth-order valence-electron chi connectivity index (χ4n) is 5.59. The second-order valence-electron chi connectivity index (χ2n) is 10.1. The van der Waals surface area contributed by atoms with E-state index in [1.807, 2.05) is 69.9 Å². The predicted octanol–water partition coefficient (Wildman–Crippen LogP) is 5.20. The van der Waals surface area contributed by atoms with E-state index in [2.05, 4.69) is 6.07 Å². The lowest BCUT2D eigenvalue weighted by Gasteiger charge is -2.37. The highest BCUT2D eigenvalue weighted by Crippen LogP contribution is 2.45. The number of nitrogens with zero attached hydrogens (tertiary/aromatic N) is 2. The monoisotopic (exact) mass is 478 g/mol. The number of amides is 1. The summed E-state index contributed by atoms with van der Waals surface area (Å²) in [6.07, 6.45) is 1.99. The molecule has 0 radical (unpaired) electrons. The van der Waals surface area contributed by atoms with Crippen LogP contribution < -0.4 is 9.47 Å². The van der Waals surface area contributed by atoms with Crippen molar-refractivity contribution in [3.63, 3.8) is 0 Å². The van der Waals surface area contributed by atoms with Crippen molar-refractivity contribution in [3.05, 3.63) is 58.7 Å². The van der Waals surface area contributed by atoms with Crippen LogP contribution in [-0.2, 0) is 0 Å². The molecule has 1 aliphatic carbocycles. The lowest BCUT2D eigenvalue weighted by molar-refractivity contribution is 0.0643. The number of benzene rings is 2. The molecular formula is C29H38N2O4. The Hall–Kier alpha value is -2.86. The molecule has 0 spiro atoms. The van der Waals surface area contributed by atoms with Gasteiger partial charge in [-0.3, -0.25) is 9.79 Å². The molecule has 1 N–H and O–H groups in total. The first-order chi connectivity index (χ1) is 16.7. The Morgan fingerprint density at radius 2 is 1.77 bits per heavy atom. The van der Waals surface area contributed by atoms with Crippen LogP contribution in [0.2, 0.25) is 0 Å². The van der Waals surface area contributed by atoms with Crippen molar-refractivity contribution in [3.8, 4) is 11.5 Å². The van der Waals surface area contributed by atoms with E-state index in [9.17, 15) is 9.90 Å². The van der Waals surface area contributed by atoms with Crippen molar-refractivity contribution >= 4 is 11.6 Å². The molecule has 35 heavy (non-hydrogen) atoms. The van der Waals surface area contributed by atoms with E-state index >= 15 is 0 Å². The number of hydrogen-bond acceptors (Lipinski definition) is 5. The van der Waals surface area contributed by atoms with Crippen molar-refractivity contribution in [2.75, 3.05) is 13.7 Å². The van der Waals surface area contributed by atoms with Crippen LogP contribution in [0.15, 0.2) is 41.4 Å². The largest absolute Gasteiger partial charge is 0.493 e. The maximum atomic E-state index is 13.2. The van der Waals surface area contributed by atoms with Gasteiger partial charge in [0, 0.05) is 34.7 Å². The highest BCUT2D eigenvalue weighted by molar-refractivity contribution is 6.15. The Morgan fingerprint density at radius 1 is 1.09 bits per heavy atom. The minimum atomic E-state index is -0.311. The zero-order valence-corrected chi connectivity index (χ0v) is 21.7. The number of aliphatic hydroxyl groups excluding tert-OH is 1. The Labute approximate surface area is 209 Å². The van der Waals surface area contributed by atoms with E-state index in [1.165, 1.54) is 0 Å². The van der Waals surface area contributed by atoms with Gasteiger partial charge in [0.05, 0.1) is 31.6 Å². The van der Waals surface area contributed by atoms with E-state index in [1.54, 1.807) is 7.11 Å². The molecule has 1 saturated carbocycles. The molecule has 4 rings (SSSR count). The average Bonchev–Trinajstić information content (AvgIpc) is 2.83.